The molecule has 0 unspecified atom stereocenters. The molecular weight excluding hydrogens is 366 g/mol. The average molecular weight is 383 g/mol. The van der Waals surface area contributed by atoms with Gasteiger partial charge in [-0.2, -0.15) is 5.10 Å². The number of imidazole rings is 1. The fraction of sp³-hybridized carbons (Fsp3) is 0.167. The van der Waals surface area contributed by atoms with Crippen molar-refractivity contribution in [2.75, 3.05) is 14.2 Å². The van der Waals surface area contributed by atoms with Crippen molar-refractivity contribution >= 4 is 23.5 Å². The van der Waals surface area contributed by atoms with Gasteiger partial charge in [0.25, 0.3) is 11.6 Å². The maximum Gasteiger partial charge on any atom is 0.290 e. The van der Waals surface area contributed by atoms with E-state index in [1.165, 1.54) is 32.6 Å². The minimum atomic E-state index is -0.570. The molecule has 0 saturated carbocycles. The zero-order valence-corrected chi connectivity index (χ0v) is 15.4. The van der Waals surface area contributed by atoms with E-state index >= 15 is 0 Å². The van der Waals surface area contributed by atoms with E-state index in [2.05, 4.69) is 15.5 Å². The second-order valence-electron chi connectivity index (χ2n) is 5.70. The summed E-state index contributed by atoms with van der Waals surface area (Å²) in [7, 11) is 2.80. The lowest BCUT2D eigenvalue weighted by molar-refractivity contribution is -0.385. The molecule has 0 saturated heterocycles. The highest BCUT2D eigenvalue weighted by atomic mass is 16.6. The molecule has 0 atom stereocenters. The van der Waals surface area contributed by atoms with Crippen molar-refractivity contribution in [2.45, 2.75) is 6.92 Å². The number of ether oxygens (including phenoxy) is 2. The molecule has 0 aliphatic carbocycles. The van der Waals surface area contributed by atoms with Gasteiger partial charge in [-0.3, -0.25) is 19.3 Å². The maximum absolute atomic E-state index is 12.5. The van der Waals surface area contributed by atoms with Crippen molar-refractivity contribution in [3.05, 3.63) is 63.6 Å². The third-order valence-corrected chi connectivity index (χ3v) is 4.02. The first-order valence-electron chi connectivity index (χ1n) is 8.13. The molecule has 144 valence electrons. The molecule has 3 aromatic rings. The van der Waals surface area contributed by atoms with Gasteiger partial charge >= 0.3 is 0 Å². The molecular formula is C18H17N5O5. The number of carbonyl (C=O) groups excluding carboxylic acids is 1. The molecule has 1 N–H and O–H groups in total. The standard InChI is InChI=1S/C18H17N5O5/c1-11-17(22-7-5-4-6-16(22)20-11)18(24)21-19-10-12-8-14(27-2)15(28-3)9-13(12)23(25)26/h4-10H,1-3H3,(H,21,24)/b19-10-. The number of nitro benzene ring substituents is 1. The molecule has 2 heterocycles. The van der Waals surface area contributed by atoms with Crippen LogP contribution >= 0.6 is 0 Å². The van der Waals surface area contributed by atoms with E-state index in [1.807, 2.05) is 6.07 Å². The van der Waals surface area contributed by atoms with Crippen LogP contribution in [0.5, 0.6) is 11.5 Å². The molecule has 2 aromatic heterocycles. The molecule has 10 heteroatoms. The van der Waals surface area contributed by atoms with Gasteiger partial charge in [0.05, 0.1) is 42.7 Å². The Morgan fingerprint density at radius 3 is 2.68 bits per heavy atom. The molecule has 10 nitrogen and oxygen atoms in total. The number of nitro groups is 1. The lowest BCUT2D eigenvalue weighted by Crippen LogP contribution is -2.20. The third kappa shape index (κ3) is 3.47. The van der Waals surface area contributed by atoms with Gasteiger partial charge in [0, 0.05) is 6.20 Å². The first-order chi connectivity index (χ1) is 13.5. The molecule has 28 heavy (non-hydrogen) atoms. The van der Waals surface area contributed by atoms with Gasteiger partial charge in [-0.05, 0) is 25.1 Å². The normalized spacial score (nSPS) is 11.0. The summed E-state index contributed by atoms with van der Waals surface area (Å²) >= 11 is 0. The molecule has 1 aromatic carbocycles. The monoisotopic (exact) mass is 383 g/mol. The molecule has 0 aliphatic rings. The number of nitrogens with zero attached hydrogens (tertiary/aromatic N) is 4. The van der Waals surface area contributed by atoms with Gasteiger partial charge in [0.1, 0.15) is 11.3 Å². The highest BCUT2D eigenvalue weighted by Crippen LogP contribution is 2.33. The Morgan fingerprint density at radius 2 is 2.00 bits per heavy atom. The van der Waals surface area contributed by atoms with Crippen LogP contribution in [-0.2, 0) is 0 Å². The quantitative estimate of drug-likeness (QED) is 0.396. The SMILES string of the molecule is COc1cc(/C=N\NC(=O)c2c(C)nc3ccccn23)c([N+](=O)[O-])cc1OC. The van der Waals surface area contributed by atoms with Crippen molar-refractivity contribution < 1.29 is 19.2 Å². The molecule has 3 rings (SSSR count). The zero-order chi connectivity index (χ0) is 20.3. The second kappa shape index (κ2) is 7.74. The van der Waals surface area contributed by atoms with Gasteiger partial charge in [-0.1, -0.05) is 6.07 Å². The Hall–Kier alpha value is -3.95. The number of rotatable bonds is 6. The van der Waals surface area contributed by atoms with Crippen LogP contribution in [-0.4, -0.2) is 40.6 Å². The number of carbonyl (C=O) groups is 1. The predicted molar refractivity (Wildman–Crippen MR) is 101 cm³/mol. The van der Waals surface area contributed by atoms with Gasteiger partial charge in [-0.15, -0.1) is 0 Å². The van der Waals surface area contributed by atoms with Gasteiger partial charge in [0.2, 0.25) is 0 Å². The number of aromatic nitrogens is 2. The Labute approximate surface area is 159 Å². The average Bonchev–Trinajstić information content (AvgIpc) is 3.02. The van der Waals surface area contributed by atoms with Crippen LogP contribution < -0.4 is 14.9 Å². The topological polar surface area (TPSA) is 120 Å². The minimum absolute atomic E-state index is 0.151. The third-order valence-electron chi connectivity index (χ3n) is 4.02. The maximum atomic E-state index is 12.5. The number of benzene rings is 1. The molecule has 0 bridgehead atoms. The van der Waals surface area contributed by atoms with Crippen molar-refractivity contribution in [3.63, 3.8) is 0 Å². The number of hydrogen-bond donors (Lipinski definition) is 1. The number of amides is 1. The smallest absolute Gasteiger partial charge is 0.290 e. The number of aryl methyl sites for hydroxylation is 1. The van der Waals surface area contributed by atoms with E-state index in [4.69, 9.17) is 9.47 Å². The van der Waals surface area contributed by atoms with Crippen molar-refractivity contribution in [1.29, 1.82) is 0 Å². The number of hydrogen-bond acceptors (Lipinski definition) is 7. The van der Waals surface area contributed by atoms with E-state index in [0.29, 0.717) is 22.8 Å². The van der Waals surface area contributed by atoms with E-state index in [-0.39, 0.29) is 17.0 Å². The molecule has 1 amide bonds. The number of fused-ring (bicyclic) bond motifs is 1. The highest BCUT2D eigenvalue weighted by Gasteiger charge is 2.19. The van der Waals surface area contributed by atoms with Crippen LogP contribution in [0.25, 0.3) is 5.65 Å². The first-order valence-corrected chi connectivity index (χ1v) is 8.13. The van der Waals surface area contributed by atoms with Crippen LogP contribution in [0.1, 0.15) is 21.7 Å². The molecule has 0 aliphatic heterocycles. The number of methoxy groups -OCH3 is 2. The predicted octanol–water partition coefficient (Wildman–Crippen LogP) is 2.33. The first kappa shape index (κ1) is 18.8. The largest absolute Gasteiger partial charge is 0.493 e. The Bertz CT molecular complexity index is 1090. The van der Waals surface area contributed by atoms with E-state index in [1.54, 1.807) is 29.7 Å². The Balaban J connectivity index is 1.89. The van der Waals surface area contributed by atoms with Crippen LogP contribution in [0.2, 0.25) is 0 Å². The fourth-order valence-electron chi connectivity index (χ4n) is 2.75. The van der Waals surface area contributed by atoms with Gasteiger partial charge < -0.3 is 9.47 Å². The summed E-state index contributed by atoms with van der Waals surface area (Å²) in [5.41, 5.74) is 3.79. The van der Waals surface area contributed by atoms with Crippen molar-refractivity contribution in [1.82, 2.24) is 14.8 Å². The highest BCUT2D eigenvalue weighted by molar-refractivity contribution is 5.95. The summed E-state index contributed by atoms with van der Waals surface area (Å²) in [5, 5.41) is 15.2. The van der Waals surface area contributed by atoms with Crippen molar-refractivity contribution in [2.24, 2.45) is 5.10 Å². The lowest BCUT2D eigenvalue weighted by Gasteiger charge is -2.08. The second-order valence-corrected chi connectivity index (χ2v) is 5.70. The van der Waals surface area contributed by atoms with Crippen LogP contribution in [0, 0.1) is 17.0 Å². The Morgan fingerprint density at radius 1 is 1.29 bits per heavy atom. The number of nitrogens with one attached hydrogen (secondary N) is 1. The summed E-state index contributed by atoms with van der Waals surface area (Å²) in [6.45, 7) is 1.71. The van der Waals surface area contributed by atoms with Gasteiger partial charge in [-0.25, -0.2) is 10.4 Å². The van der Waals surface area contributed by atoms with Gasteiger partial charge in [0.15, 0.2) is 11.5 Å². The van der Waals surface area contributed by atoms with Crippen LogP contribution in [0.4, 0.5) is 5.69 Å². The summed E-state index contributed by atoms with van der Waals surface area (Å²) in [6, 6.07) is 8.02. The lowest BCUT2D eigenvalue weighted by atomic mass is 10.1. The van der Waals surface area contributed by atoms with Crippen LogP contribution in [0.15, 0.2) is 41.6 Å². The van der Waals surface area contributed by atoms with E-state index in [9.17, 15) is 14.9 Å². The summed E-state index contributed by atoms with van der Waals surface area (Å²) in [4.78, 5) is 27.6. The summed E-state index contributed by atoms with van der Waals surface area (Å²) in [6.07, 6.45) is 2.89. The summed E-state index contributed by atoms with van der Waals surface area (Å²) in [5.74, 6) is 0.0332. The minimum Gasteiger partial charge on any atom is -0.493 e. The van der Waals surface area contributed by atoms with Crippen LogP contribution in [0.3, 0.4) is 0 Å². The van der Waals surface area contributed by atoms with Crippen molar-refractivity contribution in [3.8, 4) is 11.5 Å². The molecule has 0 radical (unpaired) electrons. The summed E-state index contributed by atoms with van der Waals surface area (Å²) < 4.78 is 11.9. The number of hydrazone groups is 1. The molecule has 0 fully saturated rings. The zero-order valence-electron chi connectivity index (χ0n) is 15.4. The fourth-order valence-corrected chi connectivity index (χ4v) is 2.75. The van der Waals surface area contributed by atoms with E-state index in [0.717, 1.165) is 0 Å². The molecule has 0 spiro atoms. The Kier molecular flexibility index (Phi) is 5.21. The van der Waals surface area contributed by atoms with E-state index < -0.39 is 10.8 Å². The number of pyridine rings is 1.